The summed E-state index contributed by atoms with van der Waals surface area (Å²) in [5, 5.41) is 21.0. The van der Waals surface area contributed by atoms with Gasteiger partial charge in [-0.05, 0) is 29.7 Å². The normalized spacial score (nSPS) is 13.1. The minimum absolute atomic E-state index is 0.0295. The van der Waals surface area contributed by atoms with Crippen molar-refractivity contribution in [1.29, 1.82) is 0 Å². The lowest BCUT2D eigenvalue weighted by molar-refractivity contribution is 0.0977. The van der Waals surface area contributed by atoms with E-state index in [-0.39, 0.29) is 34.2 Å². The Balaban J connectivity index is 2.12. The Hall–Kier alpha value is -3.14. The van der Waals surface area contributed by atoms with Crippen LogP contribution in [0.15, 0.2) is 48.5 Å². The topological polar surface area (TPSA) is 74.6 Å². The third kappa shape index (κ3) is 1.52. The summed E-state index contributed by atoms with van der Waals surface area (Å²) in [6, 6.07) is 12.5. The lowest BCUT2D eigenvalue weighted by atomic mass is 9.82. The third-order valence-corrected chi connectivity index (χ3v) is 3.98. The molecular weight excluding hydrogens is 280 g/mol. The van der Waals surface area contributed by atoms with Crippen molar-refractivity contribution in [2.24, 2.45) is 0 Å². The molecule has 0 aromatic heterocycles. The predicted molar refractivity (Wildman–Crippen MR) is 80.6 cm³/mol. The van der Waals surface area contributed by atoms with Crippen LogP contribution in [0.4, 0.5) is 0 Å². The number of phenolic OH excluding ortho intramolecular Hbond substituents is 2. The van der Waals surface area contributed by atoms with Gasteiger partial charge in [-0.3, -0.25) is 9.59 Å². The maximum absolute atomic E-state index is 12.6. The zero-order chi connectivity index (χ0) is 15.4. The minimum atomic E-state index is -0.363. The Labute approximate surface area is 125 Å². The number of rotatable bonds is 0. The van der Waals surface area contributed by atoms with Crippen molar-refractivity contribution in [3.8, 4) is 11.5 Å². The van der Waals surface area contributed by atoms with Gasteiger partial charge in [0.05, 0.1) is 5.56 Å². The van der Waals surface area contributed by atoms with E-state index in [0.717, 1.165) is 0 Å². The van der Waals surface area contributed by atoms with Gasteiger partial charge in [0.15, 0.2) is 11.6 Å². The molecule has 0 atom stereocenters. The molecule has 1 aliphatic carbocycles. The summed E-state index contributed by atoms with van der Waals surface area (Å²) in [5.74, 6) is -0.856. The second-order valence-electron chi connectivity index (χ2n) is 5.26. The number of carbonyl (C=O) groups excluding carboxylic acids is 2. The van der Waals surface area contributed by atoms with Gasteiger partial charge in [0.2, 0.25) is 0 Å². The lowest BCUT2D eigenvalue weighted by Gasteiger charge is -2.19. The number of benzene rings is 3. The fraction of sp³-hybridized carbons (Fsp3) is 0. The zero-order valence-electron chi connectivity index (χ0n) is 11.3. The van der Waals surface area contributed by atoms with Gasteiger partial charge in [0.1, 0.15) is 11.5 Å². The number of fused-ring (bicyclic) bond motifs is 3. The summed E-state index contributed by atoms with van der Waals surface area (Å²) in [4.78, 5) is 25.2. The molecule has 3 aromatic carbocycles. The summed E-state index contributed by atoms with van der Waals surface area (Å²) in [7, 11) is 0. The highest BCUT2D eigenvalue weighted by molar-refractivity contribution is 6.30. The summed E-state index contributed by atoms with van der Waals surface area (Å²) >= 11 is 0. The Morgan fingerprint density at radius 2 is 1.41 bits per heavy atom. The second-order valence-corrected chi connectivity index (χ2v) is 5.26. The van der Waals surface area contributed by atoms with E-state index in [2.05, 4.69) is 0 Å². The molecule has 2 N–H and O–H groups in total. The van der Waals surface area contributed by atoms with Crippen LogP contribution in [0.2, 0.25) is 0 Å². The molecule has 22 heavy (non-hydrogen) atoms. The Bertz CT molecular complexity index is 986. The first-order chi connectivity index (χ1) is 10.6. The number of aromatic hydroxyl groups is 2. The molecule has 0 heterocycles. The van der Waals surface area contributed by atoms with E-state index in [1.807, 2.05) is 0 Å². The van der Waals surface area contributed by atoms with Crippen molar-refractivity contribution in [3.63, 3.8) is 0 Å². The fourth-order valence-electron chi connectivity index (χ4n) is 2.94. The van der Waals surface area contributed by atoms with E-state index < -0.39 is 0 Å². The van der Waals surface area contributed by atoms with Gasteiger partial charge in [-0.25, -0.2) is 0 Å². The van der Waals surface area contributed by atoms with Crippen molar-refractivity contribution in [2.75, 3.05) is 0 Å². The van der Waals surface area contributed by atoms with Crippen LogP contribution in [-0.4, -0.2) is 21.8 Å². The highest BCUT2D eigenvalue weighted by atomic mass is 16.3. The van der Waals surface area contributed by atoms with Crippen LogP contribution in [0.3, 0.4) is 0 Å². The molecule has 3 aromatic rings. The molecule has 4 heteroatoms. The minimum Gasteiger partial charge on any atom is -0.508 e. The summed E-state index contributed by atoms with van der Waals surface area (Å²) in [6.45, 7) is 0. The number of hydrogen-bond donors (Lipinski definition) is 2. The smallest absolute Gasteiger partial charge is 0.198 e. The van der Waals surface area contributed by atoms with Crippen molar-refractivity contribution < 1.29 is 19.8 Å². The molecule has 0 saturated carbocycles. The molecule has 1 aliphatic rings. The van der Waals surface area contributed by atoms with Crippen LogP contribution < -0.4 is 0 Å². The third-order valence-electron chi connectivity index (χ3n) is 3.98. The standard InChI is InChI=1S/C18H10O4/c19-10-5-6-11-9(7-10)8-14-15(17(11)21)18(22)13-4-2-1-3-12(13)16(14)20/h1-8,19,21H. The van der Waals surface area contributed by atoms with E-state index in [9.17, 15) is 19.8 Å². The van der Waals surface area contributed by atoms with Gasteiger partial charge in [-0.15, -0.1) is 0 Å². The van der Waals surface area contributed by atoms with Crippen molar-refractivity contribution in [1.82, 2.24) is 0 Å². The molecular formula is C18H10O4. The molecule has 4 nitrogen and oxygen atoms in total. The maximum atomic E-state index is 12.6. The van der Waals surface area contributed by atoms with Gasteiger partial charge in [-0.2, -0.15) is 0 Å². The average molecular weight is 290 g/mol. The number of ketones is 2. The van der Waals surface area contributed by atoms with Gasteiger partial charge in [-0.1, -0.05) is 24.3 Å². The first kappa shape index (κ1) is 12.6. The molecule has 0 radical (unpaired) electrons. The highest BCUT2D eigenvalue weighted by Gasteiger charge is 2.32. The van der Waals surface area contributed by atoms with E-state index >= 15 is 0 Å². The van der Waals surface area contributed by atoms with Crippen LogP contribution in [-0.2, 0) is 0 Å². The van der Waals surface area contributed by atoms with Gasteiger partial charge in [0.25, 0.3) is 0 Å². The van der Waals surface area contributed by atoms with Gasteiger partial charge >= 0.3 is 0 Å². The molecule has 4 rings (SSSR count). The van der Waals surface area contributed by atoms with E-state index in [1.165, 1.54) is 18.2 Å². The SMILES string of the molecule is O=C1c2ccccc2C(=O)c2c1cc1cc(O)ccc1c2O. The summed E-state index contributed by atoms with van der Waals surface area (Å²) in [5.41, 5.74) is 0.827. The van der Waals surface area contributed by atoms with Crippen LogP contribution in [0, 0.1) is 0 Å². The van der Waals surface area contributed by atoms with Crippen molar-refractivity contribution in [3.05, 3.63) is 70.8 Å². The molecule has 0 unspecified atom stereocenters. The van der Waals surface area contributed by atoms with Crippen LogP contribution in [0.25, 0.3) is 10.8 Å². The molecule has 0 bridgehead atoms. The van der Waals surface area contributed by atoms with Crippen molar-refractivity contribution >= 4 is 22.3 Å². The maximum Gasteiger partial charge on any atom is 0.198 e. The van der Waals surface area contributed by atoms with Crippen LogP contribution in [0.5, 0.6) is 11.5 Å². The predicted octanol–water partition coefficient (Wildman–Crippen LogP) is 3.03. The molecule has 106 valence electrons. The molecule has 0 fully saturated rings. The largest absolute Gasteiger partial charge is 0.508 e. The average Bonchev–Trinajstić information content (AvgIpc) is 2.52. The van der Waals surface area contributed by atoms with E-state index in [4.69, 9.17) is 0 Å². The van der Waals surface area contributed by atoms with Gasteiger partial charge in [0, 0.05) is 22.1 Å². The molecule has 0 spiro atoms. The van der Waals surface area contributed by atoms with Crippen molar-refractivity contribution in [2.45, 2.75) is 0 Å². The highest BCUT2D eigenvalue weighted by Crippen LogP contribution is 2.38. The first-order valence-corrected chi connectivity index (χ1v) is 6.75. The lowest BCUT2D eigenvalue weighted by Crippen LogP contribution is -2.20. The molecule has 0 amide bonds. The zero-order valence-corrected chi connectivity index (χ0v) is 11.3. The Morgan fingerprint density at radius 1 is 0.727 bits per heavy atom. The fourth-order valence-corrected chi connectivity index (χ4v) is 2.94. The van der Waals surface area contributed by atoms with E-state index in [0.29, 0.717) is 21.9 Å². The Kier molecular flexibility index (Phi) is 2.39. The van der Waals surface area contributed by atoms with Gasteiger partial charge < -0.3 is 10.2 Å². The Morgan fingerprint density at radius 3 is 2.14 bits per heavy atom. The summed E-state index contributed by atoms with van der Waals surface area (Å²) < 4.78 is 0. The monoisotopic (exact) mass is 290 g/mol. The summed E-state index contributed by atoms with van der Waals surface area (Å²) in [6.07, 6.45) is 0. The first-order valence-electron chi connectivity index (χ1n) is 6.75. The number of phenols is 2. The quantitative estimate of drug-likeness (QED) is 0.522. The second kappa shape index (κ2) is 4.18. The number of carbonyl (C=O) groups is 2. The van der Waals surface area contributed by atoms with E-state index in [1.54, 1.807) is 30.3 Å². The number of hydrogen-bond acceptors (Lipinski definition) is 4. The molecule has 0 saturated heterocycles. The molecule has 0 aliphatic heterocycles. The van der Waals surface area contributed by atoms with Crippen LogP contribution in [0.1, 0.15) is 31.8 Å². The van der Waals surface area contributed by atoms with Crippen LogP contribution >= 0.6 is 0 Å².